The predicted octanol–water partition coefficient (Wildman–Crippen LogP) is 0.444. The van der Waals surface area contributed by atoms with Crippen LogP contribution in [0.2, 0.25) is 0 Å². The van der Waals surface area contributed by atoms with Gasteiger partial charge in [-0.25, -0.2) is 12.8 Å². The number of oxime groups is 1. The first-order valence-electron chi connectivity index (χ1n) is 5.98. The molecule has 0 fully saturated rings. The summed E-state index contributed by atoms with van der Waals surface area (Å²) in [4.78, 5) is 0. The van der Waals surface area contributed by atoms with Crippen LogP contribution in [0.15, 0.2) is 23.4 Å². The predicted molar refractivity (Wildman–Crippen MR) is 74.9 cm³/mol. The Kier molecular flexibility index (Phi) is 5.90. The number of rotatable bonds is 7. The van der Waals surface area contributed by atoms with Crippen molar-refractivity contribution >= 4 is 15.7 Å². The molecular formula is C12H18FN3O3S. The molecule has 0 atom stereocenters. The maximum atomic E-state index is 13.1. The molecule has 6 nitrogen and oxygen atoms in total. The quantitative estimate of drug-likeness (QED) is 0.223. The third kappa shape index (κ3) is 5.54. The van der Waals surface area contributed by atoms with Gasteiger partial charge in [0.05, 0.1) is 5.75 Å². The van der Waals surface area contributed by atoms with Crippen molar-refractivity contribution in [3.63, 3.8) is 0 Å². The molecule has 0 aliphatic carbocycles. The summed E-state index contributed by atoms with van der Waals surface area (Å²) < 4.78 is 35.0. The SMILES string of the molecule is CS(=O)(=O)CCCNCc1ccc(F)cc1C(N)=NO. The van der Waals surface area contributed by atoms with E-state index in [9.17, 15) is 12.8 Å². The monoisotopic (exact) mass is 303 g/mol. The minimum Gasteiger partial charge on any atom is -0.409 e. The Morgan fingerprint density at radius 3 is 2.80 bits per heavy atom. The van der Waals surface area contributed by atoms with E-state index >= 15 is 0 Å². The van der Waals surface area contributed by atoms with Crippen LogP contribution in [0.1, 0.15) is 17.5 Å². The minimum absolute atomic E-state index is 0.108. The Hall–Kier alpha value is -1.67. The van der Waals surface area contributed by atoms with Crippen LogP contribution < -0.4 is 11.1 Å². The number of nitrogens with one attached hydrogen (secondary N) is 1. The lowest BCUT2D eigenvalue weighted by Crippen LogP contribution is -2.22. The summed E-state index contributed by atoms with van der Waals surface area (Å²) in [5, 5.41) is 14.5. The normalized spacial score (nSPS) is 12.6. The van der Waals surface area contributed by atoms with E-state index < -0.39 is 15.7 Å². The molecule has 8 heteroatoms. The number of sulfone groups is 1. The van der Waals surface area contributed by atoms with E-state index in [1.165, 1.54) is 24.5 Å². The zero-order valence-corrected chi connectivity index (χ0v) is 12.0. The van der Waals surface area contributed by atoms with Gasteiger partial charge in [-0.1, -0.05) is 11.2 Å². The van der Waals surface area contributed by atoms with Crippen molar-refractivity contribution in [2.75, 3.05) is 18.6 Å². The third-order valence-corrected chi connectivity index (χ3v) is 3.67. The number of hydrogen-bond acceptors (Lipinski definition) is 5. The summed E-state index contributed by atoms with van der Waals surface area (Å²) in [6.45, 7) is 0.871. The third-order valence-electron chi connectivity index (χ3n) is 2.64. The molecule has 0 spiro atoms. The average molecular weight is 303 g/mol. The summed E-state index contributed by atoms with van der Waals surface area (Å²) in [7, 11) is -2.96. The smallest absolute Gasteiger partial charge is 0.170 e. The molecule has 0 aliphatic heterocycles. The van der Waals surface area contributed by atoms with Crippen LogP contribution in [-0.2, 0) is 16.4 Å². The maximum absolute atomic E-state index is 13.1. The van der Waals surface area contributed by atoms with Crippen molar-refractivity contribution in [1.29, 1.82) is 0 Å². The van der Waals surface area contributed by atoms with E-state index in [1.54, 1.807) is 0 Å². The van der Waals surface area contributed by atoms with Crippen molar-refractivity contribution < 1.29 is 18.0 Å². The molecule has 1 aromatic rings. The molecule has 0 amide bonds. The van der Waals surface area contributed by atoms with Crippen LogP contribution in [-0.4, -0.2) is 38.0 Å². The highest BCUT2D eigenvalue weighted by Gasteiger charge is 2.08. The summed E-state index contributed by atoms with van der Waals surface area (Å²) in [5.74, 6) is -0.541. The Morgan fingerprint density at radius 1 is 1.50 bits per heavy atom. The van der Waals surface area contributed by atoms with Crippen molar-refractivity contribution in [3.8, 4) is 0 Å². The molecule has 0 radical (unpaired) electrons. The van der Waals surface area contributed by atoms with Gasteiger partial charge >= 0.3 is 0 Å². The van der Waals surface area contributed by atoms with Crippen molar-refractivity contribution in [3.05, 3.63) is 35.1 Å². The number of hydrogen-bond donors (Lipinski definition) is 3. The second-order valence-electron chi connectivity index (χ2n) is 4.45. The van der Waals surface area contributed by atoms with Gasteiger partial charge in [0.1, 0.15) is 15.7 Å². The fourth-order valence-electron chi connectivity index (χ4n) is 1.68. The Bertz CT molecular complexity index is 588. The van der Waals surface area contributed by atoms with Gasteiger partial charge in [0.2, 0.25) is 0 Å². The Labute approximate surface area is 117 Å². The first-order valence-corrected chi connectivity index (χ1v) is 8.04. The van der Waals surface area contributed by atoms with E-state index in [1.807, 2.05) is 0 Å². The second-order valence-corrected chi connectivity index (χ2v) is 6.71. The van der Waals surface area contributed by atoms with Gasteiger partial charge in [0.15, 0.2) is 5.84 Å². The van der Waals surface area contributed by atoms with Gasteiger partial charge in [-0.05, 0) is 30.7 Å². The molecule has 0 aromatic heterocycles. The van der Waals surface area contributed by atoms with Crippen LogP contribution in [0.5, 0.6) is 0 Å². The zero-order chi connectivity index (χ0) is 15.2. The molecule has 4 N–H and O–H groups in total. The van der Waals surface area contributed by atoms with Crippen LogP contribution in [0, 0.1) is 5.82 Å². The number of nitrogens with zero attached hydrogens (tertiary/aromatic N) is 1. The highest BCUT2D eigenvalue weighted by molar-refractivity contribution is 7.90. The first-order chi connectivity index (χ1) is 9.33. The fourth-order valence-corrected chi connectivity index (χ4v) is 2.35. The largest absolute Gasteiger partial charge is 0.409 e. The average Bonchev–Trinajstić information content (AvgIpc) is 2.37. The van der Waals surface area contributed by atoms with Gasteiger partial charge in [-0.3, -0.25) is 0 Å². The van der Waals surface area contributed by atoms with Crippen molar-refractivity contribution in [1.82, 2.24) is 5.32 Å². The molecular weight excluding hydrogens is 285 g/mol. The maximum Gasteiger partial charge on any atom is 0.170 e. The summed E-state index contributed by atoms with van der Waals surface area (Å²) in [5.41, 5.74) is 6.45. The van der Waals surface area contributed by atoms with E-state index in [2.05, 4.69) is 10.5 Å². The fraction of sp³-hybridized carbons (Fsp3) is 0.417. The minimum atomic E-state index is -2.96. The topological polar surface area (TPSA) is 105 Å². The molecule has 20 heavy (non-hydrogen) atoms. The summed E-state index contributed by atoms with van der Waals surface area (Å²) in [6.07, 6.45) is 1.67. The van der Waals surface area contributed by atoms with Crippen molar-refractivity contribution in [2.24, 2.45) is 10.9 Å². The molecule has 112 valence electrons. The van der Waals surface area contributed by atoms with Gasteiger partial charge < -0.3 is 16.3 Å². The van der Waals surface area contributed by atoms with Crippen LogP contribution >= 0.6 is 0 Å². The van der Waals surface area contributed by atoms with Crippen LogP contribution in [0.25, 0.3) is 0 Å². The van der Waals surface area contributed by atoms with Gasteiger partial charge in [0, 0.05) is 18.4 Å². The van der Waals surface area contributed by atoms with Crippen LogP contribution in [0.3, 0.4) is 0 Å². The molecule has 0 bridgehead atoms. The highest BCUT2D eigenvalue weighted by Crippen LogP contribution is 2.11. The second kappa shape index (κ2) is 7.20. The van der Waals surface area contributed by atoms with E-state index in [4.69, 9.17) is 10.9 Å². The van der Waals surface area contributed by atoms with Gasteiger partial charge in [0.25, 0.3) is 0 Å². The molecule has 1 aromatic carbocycles. The van der Waals surface area contributed by atoms with Gasteiger partial charge in [-0.15, -0.1) is 0 Å². The standard InChI is InChI=1S/C12H18FN3O3S/c1-20(18,19)6-2-5-15-8-9-3-4-10(13)7-11(9)12(14)16-17/h3-4,7,15,17H,2,5-6,8H2,1H3,(H2,14,16). The van der Waals surface area contributed by atoms with Gasteiger partial charge in [-0.2, -0.15) is 0 Å². The number of nitrogens with two attached hydrogens (primary N) is 1. The summed E-state index contributed by atoms with van der Waals surface area (Å²) >= 11 is 0. The molecule has 1 rings (SSSR count). The summed E-state index contributed by atoms with van der Waals surface area (Å²) in [6, 6.07) is 4.00. The first kappa shape index (κ1) is 16.4. The van der Waals surface area contributed by atoms with E-state index in [-0.39, 0.29) is 11.6 Å². The molecule has 0 unspecified atom stereocenters. The molecule has 0 heterocycles. The molecule has 0 aliphatic rings. The Morgan fingerprint density at radius 2 is 2.20 bits per heavy atom. The molecule has 0 saturated heterocycles. The van der Waals surface area contributed by atoms with E-state index in [0.717, 1.165) is 0 Å². The zero-order valence-electron chi connectivity index (χ0n) is 11.1. The number of halogens is 1. The number of benzene rings is 1. The lowest BCUT2D eigenvalue weighted by molar-refractivity contribution is 0.318. The van der Waals surface area contributed by atoms with E-state index in [0.29, 0.717) is 30.6 Å². The number of amidine groups is 1. The molecule has 0 saturated carbocycles. The Balaban J connectivity index is 2.60. The highest BCUT2D eigenvalue weighted by atomic mass is 32.2. The van der Waals surface area contributed by atoms with Crippen LogP contribution in [0.4, 0.5) is 4.39 Å². The lowest BCUT2D eigenvalue weighted by Gasteiger charge is -2.09. The van der Waals surface area contributed by atoms with Crippen molar-refractivity contribution in [2.45, 2.75) is 13.0 Å². The lowest BCUT2D eigenvalue weighted by atomic mass is 10.1.